The average Bonchev–Trinajstić information content (AvgIpc) is 2.94. The third-order valence-corrected chi connectivity index (χ3v) is 3.23. The van der Waals surface area contributed by atoms with Crippen LogP contribution in [0.15, 0.2) is 30.5 Å². The zero-order valence-corrected chi connectivity index (χ0v) is 10.6. The van der Waals surface area contributed by atoms with Crippen LogP contribution in [0.5, 0.6) is 0 Å². The molecule has 3 rings (SSSR count). The smallest absolute Gasteiger partial charge is 0.320 e. The summed E-state index contributed by atoms with van der Waals surface area (Å²) in [5.41, 5.74) is 2.62. The predicted molar refractivity (Wildman–Crippen MR) is 70.8 cm³/mol. The second-order valence-corrected chi connectivity index (χ2v) is 4.75. The minimum absolute atomic E-state index is 0.147. The zero-order valence-electron chi connectivity index (χ0n) is 10.6. The number of aryl methyl sites for hydroxylation is 1. The molecule has 0 bridgehead atoms. The summed E-state index contributed by atoms with van der Waals surface area (Å²) >= 11 is 0. The molecule has 0 spiro atoms. The molecule has 0 fully saturated rings. The van der Waals surface area contributed by atoms with Crippen LogP contribution in [-0.4, -0.2) is 27.1 Å². The maximum atomic E-state index is 11.8. The van der Waals surface area contributed by atoms with Gasteiger partial charge in [0.2, 0.25) is 0 Å². The summed E-state index contributed by atoms with van der Waals surface area (Å²) in [6, 6.07) is 8.18. The zero-order chi connectivity index (χ0) is 13.2. The van der Waals surface area contributed by atoms with Crippen molar-refractivity contribution in [2.45, 2.75) is 18.9 Å². The summed E-state index contributed by atoms with van der Waals surface area (Å²) in [6.45, 7) is 0. The number of carbonyl (C=O) groups is 1. The number of aromatic nitrogens is 3. The molecule has 2 N–H and O–H groups in total. The summed E-state index contributed by atoms with van der Waals surface area (Å²) in [5.74, 6) is 0.454. The third kappa shape index (κ3) is 2.57. The fraction of sp³-hybridized carbons (Fsp3) is 0.308. The summed E-state index contributed by atoms with van der Waals surface area (Å²) in [4.78, 5) is 11.8. The summed E-state index contributed by atoms with van der Waals surface area (Å²) in [7, 11) is 1.75. The van der Waals surface area contributed by atoms with E-state index in [0.29, 0.717) is 5.82 Å². The van der Waals surface area contributed by atoms with Crippen LogP contribution in [0.2, 0.25) is 0 Å². The normalized spacial score (nSPS) is 14.2. The Morgan fingerprint density at radius 1 is 1.32 bits per heavy atom. The molecule has 1 aliphatic rings. The minimum atomic E-state index is -0.238. The van der Waals surface area contributed by atoms with E-state index in [4.69, 9.17) is 0 Å². The number of urea groups is 1. The van der Waals surface area contributed by atoms with Crippen molar-refractivity contribution in [2.75, 3.05) is 5.32 Å². The van der Waals surface area contributed by atoms with E-state index in [1.165, 1.54) is 11.1 Å². The molecule has 6 nitrogen and oxygen atoms in total. The second kappa shape index (κ2) is 4.72. The highest BCUT2D eigenvalue weighted by Crippen LogP contribution is 2.21. The van der Waals surface area contributed by atoms with Crippen molar-refractivity contribution in [3.8, 4) is 0 Å². The molecule has 0 saturated heterocycles. The number of amides is 2. The van der Waals surface area contributed by atoms with Gasteiger partial charge in [-0.05, 0) is 24.0 Å². The molecule has 6 heteroatoms. The SMILES string of the molecule is Cn1cc(NC(=O)NC2Cc3ccccc3C2)nn1. The number of hydrogen-bond acceptors (Lipinski definition) is 3. The fourth-order valence-electron chi connectivity index (χ4n) is 2.40. The number of benzene rings is 1. The van der Waals surface area contributed by atoms with Crippen molar-refractivity contribution in [2.24, 2.45) is 7.05 Å². The number of nitrogens with one attached hydrogen (secondary N) is 2. The molecule has 98 valence electrons. The van der Waals surface area contributed by atoms with Gasteiger partial charge in [0.15, 0.2) is 5.82 Å². The number of rotatable bonds is 2. The van der Waals surface area contributed by atoms with E-state index in [0.717, 1.165) is 12.8 Å². The number of anilines is 1. The Labute approximate surface area is 110 Å². The van der Waals surface area contributed by atoms with Gasteiger partial charge in [-0.1, -0.05) is 29.5 Å². The Morgan fingerprint density at radius 3 is 2.58 bits per heavy atom. The van der Waals surface area contributed by atoms with Gasteiger partial charge < -0.3 is 5.32 Å². The van der Waals surface area contributed by atoms with Gasteiger partial charge >= 0.3 is 6.03 Å². The maximum Gasteiger partial charge on any atom is 0.320 e. The van der Waals surface area contributed by atoms with E-state index in [1.54, 1.807) is 17.9 Å². The highest BCUT2D eigenvalue weighted by atomic mass is 16.2. The lowest BCUT2D eigenvalue weighted by molar-refractivity contribution is 0.248. The maximum absolute atomic E-state index is 11.8. The van der Waals surface area contributed by atoms with Gasteiger partial charge in [0.05, 0.1) is 6.20 Å². The van der Waals surface area contributed by atoms with Crippen molar-refractivity contribution in [3.05, 3.63) is 41.6 Å². The van der Waals surface area contributed by atoms with E-state index >= 15 is 0 Å². The van der Waals surface area contributed by atoms with E-state index < -0.39 is 0 Å². The molecule has 2 amide bonds. The predicted octanol–water partition coefficient (Wildman–Crippen LogP) is 1.10. The van der Waals surface area contributed by atoms with Crippen LogP contribution in [0, 0.1) is 0 Å². The first-order chi connectivity index (χ1) is 9.20. The molecule has 0 radical (unpaired) electrons. The number of hydrogen-bond donors (Lipinski definition) is 2. The lowest BCUT2D eigenvalue weighted by atomic mass is 10.1. The van der Waals surface area contributed by atoms with Crippen molar-refractivity contribution in [1.82, 2.24) is 20.3 Å². The number of carbonyl (C=O) groups excluding carboxylic acids is 1. The largest absolute Gasteiger partial charge is 0.334 e. The molecular formula is C13H15N5O. The van der Waals surface area contributed by atoms with Gasteiger partial charge in [-0.2, -0.15) is 0 Å². The van der Waals surface area contributed by atoms with Crippen molar-refractivity contribution >= 4 is 11.8 Å². The molecule has 0 atom stereocenters. The monoisotopic (exact) mass is 257 g/mol. The summed E-state index contributed by atoms with van der Waals surface area (Å²) in [5, 5.41) is 13.2. The topological polar surface area (TPSA) is 71.8 Å². The fourth-order valence-corrected chi connectivity index (χ4v) is 2.40. The molecule has 2 aromatic rings. The minimum Gasteiger partial charge on any atom is -0.334 e. The Morgan fingerprint density at radius 2 is 2.00 bits per heavy atom. The number of fused-ring (bicyclic) bond motifs is 1. The first kappa shape index (κ1) is 11.7. The second-order valence-electron chi connectivity index (χ2n) is 4.75. The van der Waals surface area contributed by atoms with Crippen LogP contribution < -0.4 is 10.6 Å². The quantitative estimate of drug-likeness (QED) is 0.846. The van der Waals surface area contributed by atoms with Crippen LogP contribution >= 0.6 is 0 Å². The summed E-state index contributed by atoms with van der Waals surface area (Å²) < 4.78 is 1.54. The molecule has 0 saturated carbocycles. The molecular weight excluding hydrogens is 242 g/mol. The highest BCUT2D eigenvalue weighted by Gasteiger charge is 2.22. The van der Waals surface area contributed by atoms with Crippen LogP contribution in [0.4, 0.5) is 10.6 Å². The van der Waals surface area contributed by atoms with Crippen LogP contribution in [-0.2, 0) is 19.9 Å². The van der Waals surface area contributed by atoms with Crippen LogP contribution in [0.25, 0.3) is 0 Å². The lowest BCUT2D eigenvalue weighted by Gasteiger charge is -2.11. The highest BCUT2D eigenvalue weighted by molar-refractivity contribution is 5.88. The van der Waals surface area contributed by atoms with Gasteiger partial charge in [-0.15, -0.1) is 5.10 Å². The molecule has 1 aliphatic carbocycles. The van der Waals surface area contributed by atoms with E-state index in [2.05, 4.69) is 33.1 Å². The van der Waals surface area contributed by atoms with Gasteiger partial charge in [-0.3, -0.25) is 10.00 Å². The third-order valence-electron chi connectivity index (χ3n) is 3.23. The van der Waals surface area contributed by atoms with Crippen molar-refractivity contribution in [1.29, 1.82) is 0 Å². The van der Waals surface area contributed by atoms with E-state index in [1.807, 2.05) is 12.1 Å². The molecule has 1 aromatic carbocycles. The van der Waals surface area contributed by atoms with Crippen LogP contribution in [0.3, 0.4) is 0 Å². The van der Waals surface area contributed by atoms with Gasteiger partial charge in [0.1, 0.15) is 0 Å². The van der Waals surface area contributed by atoms with Crippen molar-refractivity contribution < 1.29 is 4.79 Å². The molecule has 1 aromatic heterocycles. The summed E-state index contributed by atoms with van der Waals surface area (Å²) in [6.07, 6.45) is 3.41. The molecule has 1 heterocycles. The Bertz CT molecular complexity index is 582. The molecule has 0 unspecified atom stereocenters. The number of nitrogens with zero attached hydrogens (tertiary/aromatic N) is 3. The first-order valence-electron chi connectivity index (χ1n) is 6.21. The molecule has 19 heavy (non-hydrogen) atoms. The van der Waals surface area contributed by atoms with Gasteiger partial charge in [0.25, 0.3) is 0 Å². The van der Waals surface area contributed by atoms with E-state index in [-0.39, 0.29) is 12.1 Å². The van der Waals surface area contributed by atoms with Gasteiger partial charge in [0, 0.05) is 13.1 Å². The Balaban J connectivity index is 1.57. The lowest BCUT2D eigenvalue weighted by Crippen LogP contribution is -2.38. The first-order valence-corrected chi connectivity index (χ1v) is 6.21. The van der Waals surface area contributed by atoms with Crippen molar-refractivity contribution in [3.63, 3.8) is 0 Å². The van der Waals surface area contributed by atoms with Crippen LogP contribution in [0.1, 0.15) is 11.1 Å². The average molecular weight is 257 g/mol. The Hall–Kier alpha value is -2.37. The standard InChI is InChI=1S/C13H15N5O/c1-18-8-12(16-17-18)15-13(19)14-11-6-9-4-2-3-5-10(9)7-11/h2-5,8,11H,6-7H2,1H3,(H2,14,15,19). The van der Waals surface area contributed by atoms with E-state index in [9.17, 15) is 4.79 Å². The Kier molecular flexibility index (Phi) is 2.91. The molecule has 0 aliphatic heterocycles. The van der Waals surface area contributed by atoms with Gasteiger partial charge in [-0.25, -0.2) is 4.79 Å².